The molecule has 0 aromatic heterocycles. The van der Waals surface area contributed by atoms with Gasteiger partial charge in [-0.25, -0.2) is 0 Å². The van der Waals surface area contributed by atoms with Crippen LogP contribution < -0.4 is 0 Å². The Morgan fingerprint density at radius 2 is 1.32 bits per heavy atom. The van der Waals surface area contributed by atoms with Crippen LogP contribution in [0.4, 0.5) is 0 Å². The van der Waals surface area contributed by atoms with Crippen LogP contribution in [0.2, 0.25) is 5.02 Å². The van der Waals surface area contributed by atoms with Gasteiger partial charge in [-0.3, -0.25) is 0 Å². The molecule has 0 nitrogen and oxygen atoms in total. The van der Waals surface area contributed by atoms with Crippen molar-refractivity contribution < 1.29 is 0 Å². The van der Waals surface area contributed by atoms with Crippen LogP contribution in [0, 0.1) is 0 Å². The lowest BCUT2D eigenvalue weighted by atomic mass is 9.70. The normalized spacial score (nSPS) is 17.5. The van der Waals surface area contributed by atoms with Crippen molar-refractivity contribution in [1.29, 1.82) is 0 Å². The number of benzene rings is 5. The van der Waals surface area contributed by atoms with E-state index in [0.717, 1.165) is 9.50 Å². The van der Waals surface area contributed by atoms with E-state index < -0.39 is 0 Å². The van der Waals surface area contributed by atoms with E-state index in [2.05, 4.69) is 107 Å². The Hall–Kier alpha value is -2.87. The van der Waals surface area contributed by atoms with E-state index in [1.165, 1.54) is 55.3 Å². The Bertz CT molecular complexity index is 1570. The van der Waals surface area contributed by atoms with Crippen molar-refractivity contribution in [3.63, 3.8) is 0 Å². The van der Waals surface area contributed by atoms with Crippen LogP contribution in [-0.2, 0) is 5.41 Å². The number of halogens is 2. The van der Waals surface area contributed by atoms with Crippen molar-refractivity contribution in [3.05, 3.63) is 129 Å². The van der Waals surface area contributed by atoms with Gasteiger partial charge in [0.2, 0.25) is 0 Å². The topological polar surface area (TPSA) is 0 Å². The molecule has 1 spiro atoms. The second-order valence-corrected chi connectivity index (χ2v) is 9.74. The number of hydrogen-bond donors (Lipinski definition) is 0. The first-order valence-electron chi connectivity index (χ1n) is 10.4. The Kier molecular flexibility index (Phi) is 3.49. The smallest absolute Gasteiger partial charge is 0.0726 e. The van der Waals surface area contributed by atoms with Gasteiger partial charge < -0.3 is 0 Å². The number of hydrogen-bond acceptors (Lipinski definition) is 0. The molecular formula is C29H16BrCl. The molecule has 31 heavy (non-hydrogen) atoms. The maximum Gasteiger partial charge on any atom is 0.0726 e. The predicted molar refractivity (Wildman–Crippen MR) is 133 cm³/mol. The first kappa shape index (κ1) is 17.8. The molecule has 5 aromatic carbocycles. The van der Waals surface area contributed by atoms with Crippen LogP contribution >= 0.6 is 27.5 Å². The average Bonchev–Trinajstić information content (AvgIpc) is 3.25. The average molecular weight is 480 g/mol. The molecule has 0 saturated heterocycles. The van der Waals surface area contributed by atoms with Crippen molar-refractivity contribution in [2.75, 3.05) is 0 Å². The lowest BCUT2D eigenvalue weighted by Crippen LogP contribution is -2.25. The van der Waals surface area contributed by atoms with Gasteiger partial charge in [-0.1, -0.05) is 100 Å². The summed E-state index contributed by atoms with van der Waals surface area (Å²) in [5, 5.41) is 3.33. The molecule has 2 aliphatic carbocycles. The Balaban J connectivity index is 1.76. The second-order valence-electron chi connectivity index (χ2n) is 8.38. The van der Waals surface area contributed by atoms with Gasteiger partial charge in [-0.2, -0.15) is 0 Å². The first-order chi connectivity index (χ1) is 15.2. The van der Waals surface area contributed by atoms with E-state index in [4.69, 9.17) is 11.6 Å². The summed E-state index contributed by atoms with van der Waals surface area (Å²) in [5.41, 5.74) is 10.1. The van der Waals surface area contributed by atoms with E-state index in [9.17, 15) is 0 Å². The summed E-state index contributed by atoms with van der Waals surface area (Å²) in [7, 11) is 0. The molecule has 0 radical (unpaired) electrons. The molecule has 146 valence electrons. The largest absolute Gasteiger partial charge is 0.0843 e. The molecule has 0 amide bonds. The highest BCUT2D eigenvalue weighted by molar-refractivity contribution is 9.10. The summed E-state index contributed by atoms with van der Waals surface area (Å²) in [6, 6.07) is 35.2. The lowest BCUT2D eigenvalue weighted by Gasteiger charge is -2.30. The molecule has 0 N–H and O–H groups in total. The molecule has 0 fully saturated rings. The number of fused-ring (bicyclic) bond motifs is 12. The molecule has 0 saturated carbocycles. The molecule has 2 aliphatic rings. The van der Waals surface area contributed by atoms with Gasteiger partial charge in [-0.05, 0) is 79.5 Å². The quantitative estimate of drug-likeness (QED) is 0.204. The van der Waals surface area contributed by atoms with E-state index in [1.54, 1.807) is 0 Å². The highest BCUT2D eigenvalue weighted by Gasteiger charge is 2.52. The predicted octanol–water partition coefficient (Wildman–Crippen LogP) is 8.60. The fourth-order valence-electron chi connectivity index (χ4n) is 5.90. The van der Waals surface area contributed by atoms with Crippen molar-refractivity contribution in [2.24, 2.45) is 0 Å². The van der Waals surface area contributed by atoms with E-state index in [-0.39, 0.29) is 5.41 Å². The van der Waals surface area contributed by atoms with Crippen LogP contribution in [-0.4, -0.2) is 0 Å². The minimum absolute atomic E-state index is 0.366. The van der Waals surface area contributed by atoms with Crippen LogP contribution in [0.15, 0.2) is 102 Å². The van der Waals surface area contributed by atoms with Gasteiger partial charge in [0.25, 0.3) is 0 Å². The Morgan fingerprint density at radius 1 is 0.581 bits per heavy atom. The molecule has 2 heteroatoms. The fraction of sp³-hybridized carbons (Fsp3) is 0.0345. The second kappa shape index (κ2) is 6.09. The maximum atomic E-state index is 6.62. The maximum absolute atomic E-state index is 6.62. The van der Waals surface area contributed by atoms with Gasteiger partial charge in [0.05, 0.1) is 5.41 Å². The Labute approximate surface area is 194 Å². The lowest BCUT2D eigenvalue weighted by molar-refractivity contribution is 0.794. The molecule has 0 heterocycles. The van der Waals surface area contributed by atoms with Gasteiger partial charge in [0.1, 0.15) is 0 Å². The van der Waals surface area contributed by atoms with Crippen molar-refractivity contribution in [2.45, 2.75) is 5.41 Å². The third-order valence-corrected chi connectivity index (χ3v) is 7.72. The van der Waals surface area contributed by atoms with Crippen LogP contribution in [0.5, 0.6) is 0 Å². The summed E-state index contributed by atoms with van der Waals surface area (Å²) in [6.45, 7) is 0. The van der Waals surface area contributed by atoms with Crippen molar-refractivity contribution >= 4 is 38.3 Å². The minimum Gasteiger partial charge on any atom is -0.0843 e. The van der Waals surface area contributed by atoms with E-state index in [1.807, 2.05) is 6.07 Å². The van der Waals surface area contributed by atoms with Crippen LogP contribution in [0.1, 0.15) is 22.3 Å². The summed E-state index contributed by atoms with van der Waals surface area (Å²) >= 11 is 10.4. The minimum atomic E-state index is -0.366. The van der Waals surface area contributed by atoms with Gasteiger partial charge >= 0.3 is 0 Å². The Morgan fingerprint density at radius 3 is 2.26 bits per heavy atom. The summed E-state index contributed by atoms with van der Waals surface area (Å²) < 4.78 is 1.09. The molecule has 5 aromatic rings. The van der Waals surface area contributed by atoms with Crippen LogP contribution in [0.3, 0.4) is 0 Å². The number of rotatable bonds is 0. The zero-order valence-electron chi connectivity index (χ0n) is 16.5. The SMILES string of the molecule is Clc1ccc2c(c1)C1(c3ccccc3-c3ccc(Br)cc31)c1ccc3ccccc3c1-2. The molecular weight excluding hydrogens is 464 g/mol. The summed E-state index contributed by atoms with van der Waals surface area (Å²) in [4.78, 5) is 0. The molecule has 7 rings (SSSR count). The highest BCUT2D eigenvalue weighted by atomic mass is 79.9. The molecule has 1 atom stereocenters. The van der Waals surface area contributed by atoms with Gasteiger partial charge in [0, 0.05) is 9.50 Å². The van der Waals surface area contributed by atoms with Crippen molar-refractivity contribution in [3.8, 4) is 22.3 Å². The van der Waals surface area contributed by atoms with E-state index >= 15 is 0 Å². The summed E-state index contributed by atoms with van der Waals surface area (Å²) in [6.07, 6.45) is 0. The van der Waals surface area contributed by atoms with Gasteiger partial charge in [0.15, 0.2) is 0 Å². The highest BCUT2D eigenvalue weighted by Crippen LogP contribution is 2.64. The van der Waals surface area contributed by atoms with Crippen LogP contribution in [0.25, 0.3) is 33.0 Å². The monoisotopic (exact) mass is 478 g/mol. The fourth-order valence-corrected chi connectivity index (χ4v) is 6.43. The zero-order valence-corrected chi connectivity index (χ0v) is 18.8. The third kappa shape index (κ3) is 2.11. The van der Waals surface area contributed by atoms with Crippen molar-refractivity contribution in [1.82, 2.24) is 0 Å². The molecule has 1 unspecified atom stereocenters. The molecule has 0 aliphatic heterocycles. The van der Waals surface area contributed by atoms with E-state index in [0.29, 0.717) is 0 Å². The molecule has 0 bridgehead atoms. The third-order valence-electron chi connectivity index (χ3n) is 6.99. The first-order valence-corrected chi connectivity index (χ1v) is 11.6. The standard InChI is InChI=1S/C29H16BrCl/c30-18-10-12-22-21-7-3-4-8-24(21)29(26(22)15-18)25-14-9-17-5-1-2-6-20(17)28(25)23-13-11-19(31)16-27(23)29/h1-16H. The van der Waals surface area contributed by atoms with Gasteiger partial charge in [-0.15, -0.1) is 0 Å². The summed E-state index contributed by atoms with van der Waals surface area (Å²) in [5.74, 6) is 0. The zero-order chi connectivity index (χ0) is 20.7.